The zero-order valence-corrected chi connectivity index (χ0v) is 20.5. The zero-order chi connectivity index (χ0) is 26.3. The van der Waals surface area contributed by atoms with Crippen LogP contribution in [0.4, 0.5) is 17.6 Å². The first-order valence-electron chi connectivity index (χ1n) is 11.5. The van der Waals surface area contributed by atoms with Gasteiger partial charge in [-0.1, -0.05) is 27.7 Å². The van der Waals surface area contributed by atoms with Crippen LogP contribution in [0.2, 0.25) is 0 Å². The molecule has 2 bridgehead atoms. The highest BCUT2D eigenvalue weighted by Crippen LogP contribution is 2.57. The van der Waals surface area contributed by atoms with Crippen LogP contribution >= 0.6 is 0 Å². The summed E-state index contributed by atoms with van der Waals surface area (Å²) in [5, 5.41) is 16.8. The van der Waals surface area contributed by atoms with Crippen molar-refractivity contribution in [1.29, 1.82) is 0 Å². The quantitative estimate of drug-likeness (QED) is 0.202. The average Bonchev–Trinajstić information content (AvgIpc) is 3.36. The maximum Gasteiger partial charge on any atom is 0.431 e. The minimum Gasteiger partial charge on any atom is -0.465 e. The third-order valence-electron chi connectivity index (χ3n) is 7.76. The monoisotopic (exact) mass is 522 g/mol. The Kier molecular flexibility index (Phi) is 8.42. The predicted octanol–water partition coefficient (Wildman–Crippen LogP) is 3.16. The topological polar surface area (TPSA) is 130 Å². The van der Waals surface area contributed by atoms with Gasteiger partial charge in [-0.25, -0.2) is 0 Å². The van der Waals surface area contributed by atoms with Crippen molar-refractivity contribution in [3.63, 3.8) is 0 Å². The van der Waals surface area contributed by atoms with Crippen LogP contribution in [-0.2, 0) is 24.4 Å². The van der Waals surface area contributed by atoms with E-state index in [2.05, 4.69) is 0 Å². The second-order valence-electron chi connectivity index (χ2n) is 9.27. The van der Waals surface area contributed by atoms with Crippen LogP contribution in [0.1, 0.15) is 66.2 Å². The fourth-order valence-electron chi connectivity index (χ4n) is 5.45. The molecule has 0 aromatic heterocycles. The van der Waals surface area contributed by atoms with Crippen molar-refractivity contribution >= 4 is 16.1 Å². The van der Waals surface area contributed by atoms with Gasteiger partial charge in [0.1, 0.15) is 0 Å². The molecule has 5 atom stereocenters. The number of rotatable bonds is 12. The molecular weight excluding hydrogens is 488 g/mol. The predicted molar refractivity (Wildman–Crippen MR) is 112 cm³/mol. The van der Waals surface area contributed by atoms with E-state index in [9.17, 15) is 41.0 Å². The number of esters is 1. The number of fused-ring (bicyclic) bond motifs is 2. The lowest BCUT2D eigenvalue weighted by Crippen LogP contribution is -2.57. The first kappa shape index (κ1) is 29.2. The SMILES string of the molecule is CCC(O)(CC)C1C2CC(C(=O)OCCC(F)(F)C(F)(F)S(=O)(=O)O)C(O2)C1C(O)(CC)CC. The highest BCUT2D eigenvalue weighted by atomic mass is 32.2. The number of carbonyl (C=O) groups is 1. The molecule has 2 saturated heterocycles. The number of alkyl halides is 4. The first-order valence-corrected chi connectivity index (χ1v) is 12.9. The highest BCUT2D eigenvalue weighted by Gasteiger charge is 2.67. The van der Waals surface area contributed by atoms with Gasteiger partial charge >= 0.3 is 27.3 Å². The molecule has 34 heavy (non-hydrogen) atoms. The molecule has 0 radical (unpaired) electrons. The molecule has 2 fully saturated rings. The fourth-order valence-corrected chi connectivity index (χ4v) is 5.93. The van der Waals surface area contributed by atoms with Crippen molar-refractivity contribution in [3.05, 3.63) is 0 Å². The molecule has 0 aromatic carbocycles. The van der Waals surface area contributed by atoms with Gasteiger partial charge < -0.3 is 19.7 Å². The minimum absolute atomic E-state index is 0.0913. The maximum absolute atomic E-state index is 13.7. The summed E-state index contributed by atoms with van der Waals surface area (Å²) in [6.45, 7) is 5.90. The molecule has 2 aliphatic heterocycles. The van der Waals surface area contributed by atoms with Crippen LogP contribution < -0.4 is 0 Å². The van der Waals surface area contributed by atoms with E-state index in [1.54, 1.807) is 27.7 Å². The van der Waals surface area contributed by atoms with Crippen LogP contribution in [0.5, 0.6) is 0 Å². The van der Waals surface area contributed by atoms with Crippen molar-refractivity contribution in [2.45, 2.75) is 101 Å². The zero-order valence-electron chi connectivity index (χ0n) is 19.6. The summed E-state index contributed by atoms with van der Waals surface area (Å²) in [7, 11) is -6.38. The van der Waals surface area contributed by atoms with E-state index in [-0.39, 0.29) is 6.42 Å². The van der Waals surface area contributed by atoms with Crippen LogP contribution in [-0.4, -0.2) is 70.3 Å². The molecule has 0 aliphatic carbocycles. The summed E-state index contributed by atoms with van der Waals surface area (Å²) in [6, 6.07) is 0. The summed E-state index contributed by atoms with van der Waals surface area (Å²) in [6.07, 6.45) is -1.85. The molecular formula is C21H34F4O8S. The molecule has 200 valence electrons. The van der Waals surface area contributed by atoms with E-state index < -0.39 is 81.5 Å². The molecule has 3 N–H and O–H groups in total. The smallest absolute Gasteiger partial charge is 0.431 e. The Labute approximate surface area is 196 Å². The van der Waals surface area contributed by atoms with E-state index in [0.717, 1.165) is 0 Å². The van der Waals surface area contributed by atoms with Gasteiger partial charge in [-0.05, 0) is 32.1 Å². The van der Waals surface area contributed by atoms with Crippen LogP contribution in [0, 0.1) is 17.8 Å². The average molecular weight is 523 g/mol. The van der Waals surface area contributed by atoms with Crippen LogP contribution in [0.3, 0.4) is 0 Å². The third-order valence-corrected chi connectivity index (χ3v) is 8.71. The maximum atomic E-state index is 13.7. The summed E-state index contributed by atoms with van der Waals surface area (Å²) in [5.74, 6) is -8.31. The molecule has 0 spiro atoms. The van der Waals surface area contributed by atoms with Gasteiger partial charge in [0.25, 0.3) is 0 Å². The van der Waals surface area contributed by atoms with Crippen LogP contribution in [0.25, 0.3) is 0 Å². The second-order valence-corrected chi connectivity index (χ2v) is 10.7. The number of hydrogen-bond donors (Lipinski definition) is 3. The Morgan fingerprint density at radius 1 is 0.971 bits per heavy atom. The molecule has 2 heterocycles. The Morgan fingerprint density at radius 2 is 1.44 bits per heavy atom. The standard InChI is InChI=1S/C21H34F4O8S/c1-5-18(27,6-2)14-13-11-12(16(33-13)15(14)19(28,7-3)8-4)17(26)32-10-9-20(22,23)21(24,25)34(29,30)31/h12-16,27-28H,5-11H2,1-4H3,(H,29,30,31). The van der Waals surface area contributed by atoms with Crippen molar-refractivity contribution < 1.29 is 55.0 Å². The number of ether oxygens (including phenoxy) is 2. The Morgan fingerprint density at radius 3 is 1.88 bits per heavy atom. The second kappa shape index (κ2) is 9.79. The van der Waals surface area contributed by atoms with E-state index in [1.807, 2.05) is 0 Å². The lowest BCUT2D eigenvalue weighted by Gasteiger charge is -2.47. The summed E-state index contributed by atoms with van der Waals surface area (Å²) < 4.78 is 94.4. The van der Waals surface area contributed by atoms with Crippen molar-refractivity contribution in [2.24, 2.45) is 17.8 Å². The third kappa shape index (κ3) is 4.82. The lowest BCUT2D eigenvalue weighted by atomic mass is 9.59. The van der Waals surface area contributed by atoms with Crippen molar-refractivity contribution in [2.75, 3.05) is 6.61 Å². The fraction of sp³-hybridized carbons (Fsp3) is 0.952. The van der Waals surface area contributed by atoms with Gasteiger partial charge in [0.15, 0.2) is 0 Å². The number of aliphatic hydroxyl groups is 2. The van der Waals surface area contributed by atoms with Crippen LogP contribution in [0.15, 0.2) is 0 Å². The molecule has 2 rings (SSSR count). The van der Waals surface area contributed by atoms with Gasteiger partial charge in [-0.15, -0.1) is 0 Å². The first-order chi connectivity index (χ1) is 15.5. The molecule has 5 unspecified atom stereocenters. The number of carbonyl (C=O) groups excluding carboxylic acids is 1. The van der Waals surface area contributed by atoms with E-state index in [1.165, 1.54) is 0 Å². The van der Waals surface area contributed by atoms with E-state index >= 15 is 0 Å². The van der Waals surface area contributed by atoms with Gasteiger partial charge in [-0.3, -0.25) is 9.35 Å². The summed E-state index contributed by atoms with van der Waals surface area (Å²) in [5.41, 5.74) is -2.45. The highest BCUT2D eigenvalue weighted by molar-refractivity contribution is 7.87. The largest absolute Gasteiger partial charge is 0.465 e. The molecule has 2 aliphatic rings. The Bertz CT molecular complexity index is 842. The molecule has 13 heteroatoms. The van der Waals surface area contributed by atoms with Crippen molar-refractivity contribution in [3.8, 4) is 0 Å². The molecule has 0 aromatic rings. The van der Waals surface area contributed by atoms with Gasteiger partial charge in [0.2, 0.25) is 0 Å². The molecule has 0 amide bonds. The lowest BCUT2D eigenvalue weighted by molar-refractivity contribution is -0.178. The summed E-state index contributed by atoms with van der Waals surface area (Å²) in [4.78, 5) is 12.7. The minimum atomic E-state index is -6.38. The summed E-state index contributed by atoms with van der Waals surface area (Å²) >= 11 is 0. The van der Waals surface area contributed by atoms with Gasteiger partial charge in [0.05, 0.1) is 42.4 Å². The van der Waals surface area contributed by atoms with Gasteiger partial charge in [0, 0.05) is 11.8 Å². The number of halogens is 4. The Balaban J connectivity index is 2.19. The normalized spacial score (nSPS) is 28.4. The van der Waals surface area contributed by atoms with Gasteiger partial charge in [-0.2, -0.15) is 26.0 Å². The molecule has 8 nitrogen and oxygen atoms in total. The molecule has 0 saturated carbocycles. The van der Waals surface area contributed by atoms with Crippen molar-refractivity contribution in [1.82, 2.24) is 0 Å². The van der Waals surface area contributed by atoms with E-state index in [4.69, 9.17) is 14.0 Å². The van der Waals surface area contributed by atoms with E-state index in [0.29, 0.717) is 25.7 Å². The number of hydrogen-bond acceptors (Lipinski definition) is 7. The Hall–Kier alpha value is -1.02.